The van der Waals surface area contributed by atoms with Crippen molar-refractivity contribution >= 4 is 5.69 Å². The topological polar surface area (TPSA) is 36.3 Å². The lowest BCUT2D eigenvalue weighted by Gasteiger charge is -2.31. The maximum absolute atomic E-state index is 9.12. The van der Waals surface area contributed by atoms with E-state index in [0.717, 1.165) is 23.9 Å². The van der Waals surface area contributed by atoms with Crippen LogP contribution in [-0.4, -0.2) is 20.7 Å². The largest absolute Gasteiger partial charge is 0.497 e. The summed E-state index contributed by atoms with van der Waals surface area (Å²) in [5.74, 6) is 1.59. The Morgan fingerprint density at radius 1 is 1.47 bits per heavy atom. The number of nitriles is 1. The molecule has 1 aromatic rings. The zero-order chi connectivity index (χ0) is 12.3. The van der Waals surface area contributed by atoms with Gasteiger partial charge in [0.25, 0.3) is 0 Å². The third kappa shape index (κ3) is 2.52. The smallest absolute Gasteiger partial charge is 0.121 e. The number of methoxy groups -OCH3 is 1. The quantitative estimate of drug-likeness (QED) is 0.798. The maximum atomic E-state index is 9.12. The van der Waals surface area contributed by atoms with Crippen LogP contribution in [0.5, 0.6) is 5.75 Å². The molecular formula is C14H18N2O. The van der Waals surface area contributed by atoms with Crippen LogP contribution in [0.1, 0.15) is 24.8 Å². The molecule has 1 aliphatic carbocycles. The lowest BCUT2D eigenvalue weighted by molar-refractivity contribution is 0.321. The van der Waals surface area contributed by atoms with E-state index < -0.39 is 0 Å². The van der Waals surface area contributed by atoms with E-state index >= 15 is 0 Å². The van der Waals surface area contributed by atoms with Crippen LogP contribution in [0.15, 0.2) is 18.2 Å². The van der Waals surface area contributed by atoms with Crippen LogP contribution in [0.3, 0.4) is 0 Å². The fourth-order valence-corrected chi connectivity index (χ4v) is 2.21. The van der Waals surface area contributed by atoms with Crippen molar-refractivity contribution in [2.45, 2.75) is 19.3 Å². The van der Waals surface area contributed by atoms with Gasteiger partial charge in [-0.15, -0.1) is 0 Å². The van der Waals surface area contributed by atoms with Gasteiger partial charge in [0.2, 0.25) is 0 Å². The Hall–Kier alpha value is -1.69. The number of hydrogen-bond acceptors (Lipinski definition) is 3. The Morgan fingerprint density at radius 3 is 2.76 bits per heavy atom. The first-order valence-electron chi connectivity index (χ1n) is 6.04. The second-order valence-electron chi connectivity index (χ2n) is 4.67. The normalized spacial score (nSPS) is 14.9. The Balaban J connectivity index is 2.18. The monoisotopic (exact) mass is 230 g/mol. The van der Waals surface area contributed by atoms with Gasteiger partial charge in [-0.05, 0) is 30.9 Å². The van der Waals surface area contributed by atoms with Gasteiger partial charge in [0.15, 0.2) is 0 Å². The van der Waals surface area contributed by atoms with E-state index in [4.69, 9.17) is 10.00 Å². The van der Waals surface area contributed by atoms with Crippen LogP contribution < -0.4 is 9.64 Å². The molecule has 1 aliphatic rings. The minimum atomic E-state index is 0.715. The van der Waals surface area contributed by atoms with Crippen LogP contribution in [0.2, 0.25) is 0 Å². The van der Waals surface area contributed by atoms with E-state index in [1.807, 2.05) is 25.2 Å². The molecule has 0 N–H and O–H groups in total. The van der Waals surface area contributed by atoms with E-state index in [1.165, 1.54) is 19.3 Å². The first kappa shape index (κ1) is 11.8. The molecule has 3 heteroatoms. The van der Waals surface area contributed by atoms with Gasteiger partial charge in [-0.2, -0.15) is 5.26 Å². The number of benzene rings is 1. The van der Waals surface area contributed by atoms with Crippen molar-refractivity contribution < 1.29 is 4.74 Å². The zero-order valence-electron chi connectivity index (χ0n) is 10.4. The molecule has 1 fully saturated rings. The minimum absolute atomic E-state index is 0.715. The van der Waals surface area contributed by atoms with Crippen LogP contribution in [0, 0.1) is 17.2 Å². The average Bonchev–Trinajstić information content (AvgIpc) is 2.32. The fourth-order valence-electron chi connectivity index (χ4n) is 2.21. The summed E-state index contributed by atoms with van der Waals surface area (Å²) in [6.45, 7) is 1.03. The molecule has 0 aromatic heterocycles. The van der Waals surface area contributed by atoms with Gasteiger partial charge in [-0.3, -0.25) is 0 Å². The lowest BCUT2D eigenvalue weighted by Crippen LogP contribution is -2.29. The SMILES string of the molecule is COc1ccc(C#N)c(N(C)CC2CCC2)c1. The molecule has 1 saturated carbocycles. The number of rotatable bonds is 4. The molecule has 0 bridgehead atoms. The van der Waals surface area contributed by atoms with E-state index in [-0.39, 0.29) is 0 Å². The molecular weight excluding hydrogens is 212 g/mol. The summed E-state index contributed by atoms with van der Waals surface area (Å²) in [7, 11) is 3.70. The molecule has 0 amide bonds. The van der Waals surface area contributed by atoms with Gasteiger partial charge in [0, 0.05) is 19.7 Å². The molecule has 1 aromatic carbocycles. The van der Waals surface area contributed by atoms with Crippen molar-refractivity contribution in [1.82, 2.24) is 0 Å². The Bertz CT molecular complexity index is 432. The summed E-state index contributed by atoms with van der Waals surface area (Å²) in [6, 6.07) is 7.84. The Morgan fingerprint density at radius 2 is 2.24 bits per heavy atom. The van der Waals surface area contributed by atoms with Crippen LogP contribution >= 0.6 is 0 Å². The first-order chi connectivity index (χ1) is 8.24. The predicted molar refractivity (Wildman–Crippen MR) is 68.3 cm³/mol. The van der Waals surface area contributed by atoms with Crippen molar-refractivity contribution in [3.8, 4) is 11.8 Å². The van der Waals surface area contributed by atoms with E-state index in [2.05, 4.69) is 11.0 Å². The van der Waals surface area contributed by atoms with Crippen molar-refractivity contribution in [3.05, 3.63) is 23.8 Å². The van der Waals surface area contributed by atoms with Gasteiger partial charge in [0.1, 0.15) is 11.8 Å². The molecule has 0 atom stereocenters. The summed E-state index contributed by atoms with van der Waals surface area (Å²) in [6.07, 6.45) is 3.98. The summed E-state index contributed by atoms with van der Waals surface area (Å²) in [5, 5.41) is 9.12. The summed E-state index contributed by atoms with van der Waals surface area (Å²) < 4.78 is 5.21. The molecule has 3 nitrogen and oxygen atoms in total. The average molecular weight is 230 g/mol. The van der Waals surface area contributed by atoms with Gasteiger partial charge in [0.05, 0.1) is 18.4 Å². The molecule has 17 heavy (non-hydrogen) atoms. The molecule has 0 unspecified atom stereocenters. The van der Waals surface area contributed by atoms with Crippen LogP contribution in [0.4, 0.5) is 5.69 Å². The first-order valence-corrected chi connectivity index (χ1v) is 6.04. The zero-order valence-corrected chi connectivity index (χ0v) is 10.4. The van der Waals surface area contributed by atoms with Gasteiger partial charge < -0.3 is 9.64 Å². The lowest BCUT2D eigenvalue weighted by atomic mass is 9.85. The highest BCUT2D eigenvalue weighted by molar-refractivity contribution is 5.61. The minimum Gasteiger partial charge on any atom is -0.497 e. The third-order valence-electron chi connectivity index (χ3n) is 3.49. The number of hydrogen-bond donors (Lipinski definition) is 0. The molecule has 90 valence electrons. The van der Waals surface area contributed by atoms with E-state index in [9.17, 15) is 0 Å². The van der Waals surface area contributed by atoms with Gasteiger partial charge >= 0.3 is 0 Å². The van der Waals surface area contributed by atoms with Crippen molar-refractivity contribution in [3.63, 3.8) is 0 Å². The molecule has 0 heterocycles. The number of nitrogens with zero attached hydrogens (tertiary/aromatic N) is 2. The van der Waals surface area contributed by atoms with Crippen LogP contribution in [-0.2, 0) is 0 Å². The Labute approximate surface area is 103 Å². The highest BCUT2D eigenvalue weighted by Crippen LogP contribution is 2.30. The molecule has 0 saturated heterocycles. The Kier molecular flexibility index (Phi) is 3.53. The molecule has 0 radical (unpaired) electrons. The van der Waals surface area contributed by atoms with Crippen molar-refractivity contribution in [2.75, 3.05) is 25.6 Å². The fraction of sp³-hybridized carbons (Fsp3) is 0.500. The highest BCUT2D eigenvalue weighted by atomic mass is 16.5. The second kappa shape index (κ2) is 5.09. The summed E-state index contributed by atoms with van der Waals surface area (Å²) in [4.78, 5) is 2.17. The standard InChI is InChI=1S/C14H18N2O/c1-16(10-11-4-3-5-11)14-8-13(17-2)7-6-12(14)9-15/h6-8,11H,3-5,10H2,1-2H3. The second-order valence-corrected chi connectivity index (χ2v) is 4.67. The van der Waals surface area contributed by atoms with E-state index in [1.54, 1.807) is 7.11 Å². The summed E-state index contributed by atoms with van der Waals surface area (Å²) >= 11 is 0. The van der Waals surface area contributed by atoms with Gasteiger partial charge in [-0.1, -0.05) is 6.42 Å². The highest BCUT2D eigenvalue weighted by Gasteiger charge is 2.20. The molecule has 0 spiro atoms. The molecule has 0 aliphatic heterocycles. The van der Waals surface area contributed by atoms with Gasteiger partial charge in [-0.25, -0.2) is 0 Å². The summed E-state index contributed by atoms with van der Waals surface area (Å²) in [5.41, 5.74) is 1.69. The van der Waals surface area contributed by atoms with Crippen molar-refractivity contribution in [2.24, 2.45) is 5.92 Å². The van der Waals surface area contributed by atoms with E-state index in [0.29, 0.717) is 5.56 Å². The van der Waals surface area contributed by atoms with Crippen molar-refractivity contribution in [1.29, 1.82) is 5.26 Å². The number of anilines is 1. The number of ether oxygens (including phenoxy) is 1. The predicted octanol–water partition coefficient (Wildman–Crippen LogP) is 2.80. The third-order valence-corrected chi connectivity index (χ3v) is 3.49. The molecule has 2 rings (SSSR count). The maximum Gasteiger partial charge on any atom is 0.121 e. The van der Waals surface area contributed by atoms with Crippen LogP contribution in [0.25, 0.3) is 0 Å².